The maximum absolute atomic E-state index is 5.32. The predicted molar refractivity (Wildman–Crippen MR) is 184 cm³/mol. The van der Waals surface area contributed by atoms with Gasteiger partial charge in [-0.2, -0.15) is 0 Å². The van der Waals surface area contributed by atoms with Gasteiger partial charge in [-0.05, 0) is 65.7 Å². The lowest BCUT2D eigenvalue weighted by Crippen LogP contribution is -1.96. The summed E-state index contributed by atoms with van der Waals surface area (Å²) in [6, 6.07) is 58.3. The second-order valence-electron chi connectivity index (χ2n) is 11.3. The third-order valence-electron chi connectivity index (χ3n) is 8.74. The number of hydrogen-bond donors (Lipinski definition) is 0. The van der Waals surface area contributed by atoms with E-state index in [4.69, 9.17) is 4.98 Å². The zero-order valence-corrected chi connectivity index (χ0v) is 23.9. The Balaban J connectivity index is 1.24. The standard InChI is InChI=1S/C41H27N3/c1-3-11-28(12-4-1)29-19-22-32(23-20-29)43-38-17-9-7-15-33(38)35-24-21-30(27-40(35)43)37-26-25-36-34-16-8-10-18-39(34)44(41(36)42-37)31-13-5-2-6-14-31/h1-27H. The number of rotatable bonds is 4. The van der Waals surface area contributed by atoms with Gasteiger partial charge in [0, 0.05) is 38.5 Å². The molecule has 9 aromatic rings. The molecule has 3 nitrogen and oxygen atoms in total. The highest BCUT2D eigenvalue weighted by Gasteiger charge is 2.17. The number of fused-ring (bicyclic) bond motifs is 6. The molecule has 9 rings (SSSR count). The summed E-state index contributed by atoms with van der Waals surface area (Å²) < 4.78 is 4.65. The van der Waals surface area contributed by atoms with Crippen LogP contribution in [0, 0.1) is 0 Å². The Kier molecular flexibility index (Phi) is 5.50. The first-order valence-corrected chi connectivity index (χ1v) is 15.0. The molecule has 0 spiro atoms. The number of nitrogens with zero attached hydrogens (tertiary/aromatic N) is 3. The molecule has 0 unspecified atom stereocenters. The van der Waals surface area contributed by atoms with Gasteiger partial charge < -0.3 is 4.57 Å². The van der Waals surface area contributed by atoms with Gasteiger partial charge in [-0.3, -0.25) is 4.57 Å². The molecule has 3 aromatic heterocycles. The molecular weight excluding hydrogens is 534 g/mol. The van der Waals surface area contributed by atoms with Crippen molar-refractivity contribution in [3.8, 4) is 33.8 Å². The molecule has 0 saturated carbocycles. The summed E-state index contributed by atoms with van der Waals surface area (Å²) in [5.41, 5.74) is 11.2. The lowest BCUT2D eigenvalue weighted by atomic mass is 10.1. The summed E-state index contributed by atoms with van der Waals surface area (Å²) in [6.45, 7) is 0. The van der Waals surface area contributed by atoms with Gasteiger partial charge >= 0.3 is 0 Å². The first-order valence-electron chi connectivity index (χ1n) is 15.0. The van der Waals surface area contributed by atoms with Crippen LogP contribution in [0.1, 0.15) is 0 Å². The second-order valence-corrected chi connectivity index (χ2v) is 11.3. The van der Waals surface area contributed by atoms with Crippen LogP contribution in [-0.2, 0) is 0 Å². The molecule has 3 heteroatoms. The fourth-order valence-corrected chi connectivity index (χ4v) is 6.68. The molecule has 0 aliphatic carbocycles. The molecule has 44 heavy (non-hydrogen) atoms. The van der Waals surface area contributed by atoms with Crippen LogP contribution in [0.2, 0.25) is 0 Å². The maximum atomic E-state index is 5.32. The van der Waals surface area contributed by atoms with Gasteiger partial charge in [-0.15, -0.1) is 0 Å². The van der Waals surface area contributed by atoms with Crippen LogP contribution >= 0.6 is 0 Å². The average Bonchev–Trinajstić information content (AvgIpc) is 3.61. The van der Waals surface area contributed by atoms with Crippen molar-refractivity contribution in [1.82, 2.24) is 14.1 Å². The molecule has 0 amide bonds. The van der Waals surface area contributed by atoms with Crippen LogP contribution in [0.4, 0.5) is 0 Å². The lowest BCUT2D eigenvalue weighted by Gasteiger charge is -2.11. The number of benzene rings is 6. The zero-order valence-electron chi connectivity index (χ0n) is 23.9. The normalized spacial score (nSPS) is 11.6. The average molecular weight is 562 g/mol. The van der Waals surface area contributed by atoms with Crippen LogP contribution < -0.4 is 0 Å². The van der Waals surface area contributed by atoms with Crippen molar-refractivity contribution in [2.24, 2.45) is 0 Å². The molecule has 206 valence electrons. The minimum atomic E-state index is 0.954. The Morgan fingerprint density at radius 2 is 0.864 bits per heavy atom. The van der Waals surface area contributed by atoms with Crippen LogP contribution in [0.15, 0.2) is 164 Å². The van der Waals surface area contributed by atoms with E-state index < -0.39 is 0 Å². The smallest absolute Gasteiger partial charge is 0.146 e. The Morgan fingerprint density at radius 1 is 0.341 bits per heavy atom. The number of hydrogen-bond acceptors (Lipinski definition) is 1. The SMILES string of the molecule is c1ccc(-c2ccc(-n3c4ccccc4c4ccc(-c5ccc6c7ccccc7n(-c7ccccc7)c6n5)cc43)cc2)cc1. The molecule has 0 aliphatic rings. The predicted octanol–water partition coefficient (Wildman–Crippen LogP) is 10.6. The third kappa shape index (κ3) is 3.80. The maximum Gasteiger partial charge on any atom is 0.146 e. The summed E-state index contributed by atoms with van der Waals surface area (Å²) >= 11 is 0. The molecule has 0 fully saturated rings. The summed E-state index contributed by atoms with van der Waals surface area (Å²) in [5, 5.41) is 4.84. The zero-order chi connectivity index (χ0) is 29.0. The molecule has 0 aliphatic heterocycles. The lowest BCUT2D eigenvalue weighted by molar-refractivity contribution is 1.14. The van der Waals surface area contributed by atoms with Gasteiger partial charge in [0.1, 0.15) is 5.65 Å². The first-order chi connectivity index (χ1) is 21.8. The molecule has 0 N–H and O–H groups in total. The highest BCUT2D eigenvalue weighted by atomic mass is 15.0. The van der Waals surface area contributed by atoms with E-state index in [1.165, 1.54) is 38.3 Å². The quantitative estimate of drug-likeness (QED) is 0.210. The van der Waals surface area contributed by atoms with E-state index in [-0.39, 0.29) is 0 Å². The van der Waals surface area contributed by atoms with Crippen molar-refractivity contribution in [3.63, 3.8) is 0 Å². The third-order valence-corrected chi connectivity index (χ3v) is 8.74. The van der Waals surface area contributed by atoms with E-state index in [2.05, 4.69) is 173 Å². The summed E-state index contributed by atoms with van der Waals surface area (Å²) in [4.78, 5) is 5.32. The summed E-state index contributed by atoms with van der Waals surface area (Å²) in [6.07, 6.45) is 0. The van der Waals surface area contributed by atoms with Crippen molar-refractivity contribution in [1.29, 1.82) is 0 Å². The molecule has 0 bridgehead atoms. The van der Waals surface area contributed by atoms with Gasteiger partial charge in [0.05, 0.1) is 22.2 Å². The fraction of sp³-hybridized carbons (Fsp3) is 0. The Hall–Kier alpha value is -5.93. The van der Waals surface area contributed by atoms with E-state index in [0.29, 0.717) is 0 Å². The Morgan fingerprint density at radius 3 is 1.61 bits per heavy atom. The second kappa shape index (κ2) is 9.82. The minimum Gasteiger partial charge on any atom is -0.309 e. The van der Waals surface area contributed by atoms with Crippen LogP contribution in [-0.4, -0.2) is 14.1 Å². The summed E-state index contributed by atoms with van der Waals surface area (Å²) in [7, 11) is 0. The topological polar surface area (TPSA) is 22.8 Å². The molecule has 0 atom stereocenters. The van der Waals surface area contributed by atoms with Crippen molar-refractivity contribution in [2.45, 2.75) is 0 Å². The number of pyridine rings is 1. The van der Waals surface area contributed by atoms with Crippen LogP contribution in [0.3, 0.4) is 0 Å². The highest BCUT2D eigenvalue weighted by molar-refractivity contribution is 6.11. The van der Waals surface area contributed by atoms with Gasteiger partial charge in [0.15, 0.2) is 0 Å². The van der Waals surface area contributed by atoms with Crippen molar-refractivity contribution in [3.05, 3.63) is 164 Å². The molecular formula is C41H27N3. The fourth-order valence-electron chi connectivity index (χ4n) is 6.68. The summed E-state index contributed by atoms with van der Waals surface area (Å²) in [5.74, 6) is 0. The largest absolute Gasteiger partial charge is 0.309 e. The van der Waals surface area contributed by atoms with Gasteiger partial charge in [0.2, 0.25) is 0 Å². The van der Waals surface area contributed by atoms with Crippen LogP contribution in [0.5, 0.6) is 0 Å². The van der Waals surface area contributed by atoms with Gasteiger partial charge in [-0.1, -0.05) is 109 Å². The van der Waals surface area contributed by atoms with Crippen LogP contribution in [0.25, 0.3) is 77.5 Å². The van der Waals surface area contributed by atoms with Crippen molar-refractivity contribution >= 4 is 43.7 Å². The highest BCUT2D eigenvalue weighted by Crippen LogP contribution is 2.37. The van der Waals surface area contributed by atoms with Gasteiger partial charge in [-0.25, -0.2) is 4.98 Å². The molecule has 0 radical (unpaired) electrons. The molecule has 6 aromatic carbocycles. The Labute approximate surface area is 254 Å². The van der Waals surface area contributed by atoms with E-state index in [0.717, 1.165) is 39.2 Å². The van der Waals surface area contributed by atoms with Crippen molar-refractivity contribution in [2.75, 3.05) is 0 Å². The minimum absolute atomic E-state index is 0.954. The van der Waals surface area contributed by atoms with E-state index >= 15 is 0 Å². The monoisotopic (exact) mass is 561 g/mol. The van der Waals surface area contributed by atoms with E-state index in [1.54, 1.807) is 0 Å². The van der Waals surface area contributed by atoms with Gasteiger partial charge in [0.25, 0.3) is 0 Å². The number of aromatic nitrogens is 3. The molecule has 0 saturated heterocycles. The molecule has 3 heterocycles. The number of para-hydroxylation sites is 3. The Bertz CT molecular complexity index is 2470. The van der Waals surface area contributed by atoms with Crippen molar-refractivity contribution < 1.29 is 0 Å². The van der Waals surface area contributed by atoms with E-state index in [1.807, 2.05) is 0 Å². The van der Waals surface area contributed by atoms with E-state index in [9.17, 15) is 0 Å². The first kappa shape index (κ1) is 24.6.